The Morgan fingerprint density at radius 1 is 1.22 bits per heavy atom. The van der Waals surface area contributed by atoms with Gasteiger partial charge in [0.25, 0.3) is 5.91 Å². The number of allylic oxidation sites excluding steroid dienone is 1. The first-order valence-electron chi connectivity index (χ1n) is 8.41. The zero-order valence-corrected chi connectivity index (χ0v) is 15.7. The zero-order valence-electron chi connectivity index (χ0n) is 14.9. The molecule has 0 unspecified atom stereocenters. The molecular weight excluding hydrogens is 366 g/mol. The summed E-state index contributed by atoms with van der Waals surface area (Å²) < 4.78 is 5.15. The number of phenols is 1. The minimum atomic E-state index is -0.564. The van der Waals surface area contributed by atoms with E-state index >= 15 is 0 Å². The van der Waals surface area contributed by atoms with Crippen LogP contribution in [0.5, 0.6) is 5.75 Å². The minimum absolute atomic E-state index is 0.0720. The van der Waals surface area contributed by atoms with Crippen molar-refractivity contribution in [2.45, 2.75) is 13.8 Å². The van der Waals surface area contributed by atoms with Crippen molar-refractivity contribution in [3.8, 4) is 5.75 Å². The van der Waals surface area contributed by atoms with E-state index < -0.39 is 5.97 Å². The summed E-state index contributed by atoms with van der Waals surface area (Å²) in [7, 11) is 0. The van der Waals surface area contributed by atoms with Crippen LogP contribution in [0.4, 0.5) is 5.69 Å². The van der Waals surface area contributed by atoms with Gasteiger partial charge in [-0.15, -0.1) is 0 Å². The summed E-state index contributed by atoms with van der Waals surface area (Å²) in [5.74, 6) is -0.838. The fourth-order valence-corrected chi connectivity index (χ4v) is 3.09. The van der Waals surface area contributed by atoms with Gasteiger partial charge in [-0.2, -0.15) is 0 Å². The topological polar surface area (TPSA) is 66.8 Å². The van der Waals surface area contributed by atoms with E-state index in [2.05, 4.69) is 0 Å². The van der Waals surface area contributed by atoms with E-state index in [1.54, 1.807) is 56.3 Å². The van der Waals surface area contributed by atoms with E-state index in [9.17, 15) is 14.7 Å². The second-order valence-corrected chi connectivity index (χ2v) is 6.39. The van der Waals surface area contributed by atoms with Gasteiger partial charge in [-0.25, -0.2) is 4.79 Å². The van der Waals surface area contributed by atoms with Gasteiger partial charge in [0.05, 0.1) is 17.8 Å². The number of phenolic OH excluding ortho intramolecular Hbond substituents is 1. The van der Waals surface area contributed by atoms with E-state index in [1.165, 1.54) is 17.0 Å². The van der Waals surface area contributed by atoms with E-state index in [1.807, 2.05) is 0 Å². The van der Waals surface area contributed by atoms with Crippen molar-refractivity contribution in [1.82, 2.24) is 0 Å². The summed E-state index contributed by atoms with van der Waals surface area (Å²) >= 11 is 5.94. The molecule has 0 spiro atoms. The van der Waals surface area contributed by atoms with Crippen molar-refractivity contribution in [2.24, 2.45) is 0 Å². The van der Waals surface area contributed by atoms with Crippen LogP contribution in [0.1, 0.15) is 19.4 Å². The van der Waals surface area contributed by atoms with Crippen LogP contribution in [-0.4, -0.2) is 23.6 Å². The van der Waals surface area contributed by atoms with Crippen molar-refractivity contribution in [2.75, 3.05) is 11.5 Å². The summed E-state index contributed by atoms with van der Waals surface area (Å²) in [5.41, 5.74) is 2.10. The fourth-order valence-electron chi connectivity index (χ4n) is 2.96. The molecule has 138 valence electrons. The molecule has 0 radical (unpaired) electrons. The number of rotatable bonds is 4. The number of anilines is 1. The van der Waals surface area contributed by atoms with Gasteiger partial charge in [-0.1, -0.05) is 23.7 Å². The van der Waals surface area contributed by atoms with Gasteiger partial charge in [0.1, 0.15) is 5.75 Å². The van der Waals surface area contributed by atoms with Gasteiger partial charge in [0, 0.05) is 16.4 Å². The maximum absolute atomic E-state index is 13.1. The molecule has 1 amide bonds. The van der Waals surface area contributed by atoms with Crippen LogP contribution in [0.25, 0.3) is 6.08 Å². The lowest BCUT2D eigenvalue weighted by atomic mass is 10.0. The monoisotopic (exact) mass is 383 g/mol. The Hall–Kier alpha value is -3.05. The van der Waals surface area contributed by atoms with Crippen molar-refractivity contribution in [3.63, 3.8) is 0 Å². The molecule has 1 heterocycles. The van der Waals surface area contributed by atoms with Crippen molar-refractivity contribution in [1.29, 1.82) is 0 Å². The van der Waals surface area contributed by atoms with Gasteiger partial charge in [0.15, 0.2) is 0 Å². The number of ether oxygens (including phenoxy) is 1. The number of amides is 1. The number of carbonyl (C=O) groups excluding carboxylic acids is 2. The number of carbonyl (C=O) groups is 2. The number of hydrogen-bond acceptors (Lipinski definition) is 4. The van der Waals surface area contributed by atoms with Crippen LogP contribution in [0, 0.1) is 0 Å². The van der Waals surface area contributed by atoms with Gasteiger partial charge in [0.2, 0.25) is 0 Å². The highest BCUT2D eigenvalue weighted by molar-refractivity contribution is 6.30. The Morgan fingerprint density at radius 2 is 1.93 bits per heavy atom. The van der Waals surface area contributed by atoms with Crippen LogP contribution in [-0.2, 0) is 14.3 Å². The molecule has 6 heteroatoms. The van der Waals surface area contributed by atoms with E-state index in [0.717, 1.165) is 0 Å². The Morgan fingerprint density at radius 3 is 2.56 bits per heavy atom. The van der Waals surface area contributed by atoms with E-state index in [-0.39, 0.29) is 29.4 Å². The lowest BCUT2D eigenvalue weighted by Gasteiger charge is -2.17. The van der Waals surface area contributed by atoms with Crippen LogP contribution in [0.2, 0.25) is 5.02 Å². The van der Waals surface area contributed by atoms with Crippen LogP contribution in [0.3, 0.4) is 0 Å². The Balaban J connectivity index is 2.12. The molecule has 0 aromatic heterocycles. The van der Waals surface area contributed by atoms with E-state index in [4.69, 9.17) is 16.3 Å². The van der Waals surface area contributed by atoms with E-state index in [0.29, 0.717) is 22.0 Å². The summed E-state index contributed by atoms with van der Waals surface area (Å²) in [6, 6.07) is 13.2. The lowest BCUT2D eigenvalue weighted by molar-refractivity contribution is -0.138. The fraction of sp³-hybridized carbons (Fsp3) is 0.143. The summed E-state index contributed by atoms with van der Waals surface area (Å²) in [6.45, 7) is 3.60. The first kappa shape index (κ1) is 18.7. The maximum atomic E-state index is 13.1. The Kier molecular flexibility index (Phi) is 5.33. The second kappa shape index (κ2) is 7.68. The average molecular weight is 384 g/mol. The van der Waals surface area contributed by atoms with Gasteiger partial charge < -0.3 is 9.84 Å². The number of esters is 1. The molecule has 0 saturated carbocycles. The third-order valence-electron chi connectivity index (χ3n) is 4.15. The SMILES string of the molecule is CCOC(=O)C1=C(C)N(c2ccc(Cl)cc2)C(=O)/C1=C\c1cccc(O)c1. The Labute approximate surface area is 162 Å². The molecule has 0 bridgehead atoms. The molecule has 27 heavy (non-hydrogen) atoms. The normalized spacial score (nSPS) is 15.6. The smallest absolute Gasteiger partial charge is 0.340 e. The zero-order chi connectivity index (χ0) is 19.6. The molecule has 2 aromatic rings. The molecule has 3 rings (SSSR count). The molecule has 1 aliphatic rings. The summed E-state index contributed by atoms with van der Waals surface area (Å²) in [6.07, 6.45) is 1.58. The van der Waals surface area contributed by atoms with Gasteiger partial charge >= 0.3 is 5.97 Å². The number of benzene rings is 2. The van der Waals surface area contributed by atoms with Crippen LogP contribution < -0.4 is 4.90 Å². The molecule has 0 fully saturated rings. The first-order valence-corrected chi connectivity index (χ1v) is 8.79. The molecule has 0 aliphatic carbocycles. The molecule has 1 N–H and O–H groups in total. The minimum Gasteiger partial charge on any atom is -0.508 e. The summed E-state index contributed by atoms with van der Waals surface area (Å²) in [4.78, 5) is 27.1. The first-order chi connectivity index (χ1) is 12.9. The predicted octanol–water partition coefficient (Wildman–Crippen LogP) is 4.31. The van der Waals surface area contributed by atoms with Crippen molar-refractivity contribution >= 4 is 35.2 Å². The quantitative estimate of drug-likeness (QED) is 0.631. The largest absolute Gasteiger partial charge is 0.508 e. The molecule has 0 atom stereocenters. The molecule has 1 aliphatic heterocycles. The Bertz CT molecular complexity index is 960. The highest BCUT2D eigenvalue weighted by Crippen LogP contribution is 2.36. The third kappa shape index (κ3) is 3.73. The third-order valence-corrected chi connectivity index (χ3v) is 4.40. The average Bonchev–Trinajstić information content (AvgIpc) is 2.86. The summed E-state index contributed by atoms with van der Waals surface area (Å²) in [5, 5.41) is 10.2. The lowest BCUT2D eigenvalue weighted by Crippen LogP contribution is -2.24. The highest BCUT2D eigenvalue weighted by Gasteiger charge is 2.38. The molecule has 2 aromatic carbocycles. The standard InChI is InChI=1S/C21H18ClNO4/c1-3-27-21(26)19-13(2)23(16-9-7-15(22)8-10-16)20(25)18(19)12-14-5-4-6-17(24)11-14/h4-12,24H,3H2,1-2H3/b18-12-. The number of hydrogen-bond donors (Lipinski definition) is 1. The second-order valence-electron chi connectivity index (χ2n) is 5.95. The number of aromatic hydroxyl groups is 1. The number of halogens is 1. The van der Waals surface area contributed by atoms with Crippen molar-refractivity contribution < 1.29 is 19.4 Å². The maximum Gasteiger partial charge on any atom is 0.340 e. The van der Waals surface area contributed by atoms with Gasteiger partial charge in [-0.3, -0.25) is 9.69 Å². The molecule has 0 saturated heterocycles. The predicted molar refractivity (Wildman–Crippen MR) is 104 cm³/mol. The number of nitrogens with zero attached hydrogens (tertiary/aromatic N) is 1. The van der Waals surface area contributed by atoms with Gasteiger partial charge in [-0.05, 0) is 61.9 Å². The molecular formula is C21H18ClNO4. The van der Waals surface area contributed by atoms with Crippen LogP contribution >= 0.6 is 11.6 Å². The molecule has 5 nitrogen and oxygen atoms in total. The van der Waals surface area contributed by atoms with Crippen LogP contribution in [0.15, 0.2) is 65.4 Å². The highest BCUT2D eigenvalue weighted by atomic mass is 35.5. The van der Waals surface area contributed by atoms with Crippen molar-refractivity contribution in [3.05, 3.63) is 76.0 Å².